The highest BCUT2D eigenvalue weighted by Gasteiger charge is 2.25. The van der Waals surface area contributed by atoms with Gasteiger partial charge in [0.2, 0.25) is 0 Å². The van der Waals surface area contributed by atoms with E-state index in [2.05, 4.69) is 16.5 Å². The number of aromatic nitrogens is 2. The van der Waals surface area contributed by atoms with E-state index in [4.69, 9.17) is 0 Å². The third-order valence-corrected chi connectivity index (χ3v) is 4.15. The molecule has 0 aliphatic carbocycles. The van der Waals surface area contributed by atoms with Crippen LogP contribution in [0.15, 0.2) is 42.6 Å². The topological polar surface area (TPSA) is 50.2 Å². The molecule has 0 spiro atoms. The van der Waals surface area contributed by atoms with Crippen molar-refractivity contribution in [1.82, 2.24) is 20.0 Å². The number of carbonyl (C=O) groups is 1. The predicted octanol–water partition coefficient (Wildman–Crippen LogP) is 2.51. The predicted molar refractivity (Wildman–Crippen MR) is 85.4 cm³/mol. The zero-order chi connectivity index (χ0) is 15.4. The summed E-state index contributed by atoms with van der Waals surface area (Å²) in [6.45, 7) is 2.14. The molecule has 0 unspecified atom stereocenters. The van der Waals surface area contributed by atoms with Crippen LogP contribution in [-0.2, 0) is 13.6 Å². The lowest BCUT2D eigenvalue weighted by molar-refractivity contribution is 0.178. The van der Waals surface area contributed by atoms with E-state index in [0.717, 1.165) is 37.2 Å². The maximum absolute atomic E-state index is 12.3. The van der Waals surface area contributed by atoms with Gasteiger partial charge in [-0.05, 0) is 24.5 Å². The zero-order valence-corrected chi connectivity index (χ0v) is 12.9. The maximum atomic E-state index is 12.3. The highest BCUT2D eigenvalue weighted by molar-refractivity contribution is 5.74. The Kier molecular flexibility index (Phi) is 4.42. The Balaban J connectivity index is 1.56. The average Bonchev–Trinajstić information content (AvgIpc) is 3.00. The molecule has 0 radical (unpaired) electrons. The van der Waals surface area contributed by atoms with Crippen molar-refractivity contribution in [2.75, 3.05) is 13.1 Å². The van der Waals surface area contributed by atoms with E-state index in [1.165, 1.54) is 0 Å². The summed E-state index contributed by atoms with van der Waals surface area (Å²) in [5, 5.41) is 7.49. The summed E-state index contributed by atoms with van der Waals surface area (Å²) < 4.78 is 1.82. The van der Waals surface area contributed by atoms with Crippen molar-refractivity contribution in [3.05, 3.63) is 53.9 Å². The molecule has 1 aromatic carbocycles. The van der Waals surface area contributed by atoms with E-state index >= 15 is 0 Å². The largest absolute Gasteiger partial charge is 0.334 e. The summed E-state index contributed by atoms with van der Waals surface area (Å²) in [6.07, 6.45) is 4.09. The van der Waals surface area contributed by atoms with Gasteiger partial charge in [0.15, 0.2) is 0 Å². The second-order valence-corrected chi connectivity index (χ2v) is 5.84. The third kappa shape index (κ3) is 3.47. The SMILES string of the molecule is Cn1ccc([C@H]2CCCN(C(=O)NCc3ccccc3)C2)n1. The van der Waals surface area contributed by atoms with Crippen molar-refractivity contribution in [2.24, 2.45) is 7.05 Å². The molecule has 1 saturated heterocycles. The number of hydrogen-bond acceptors (Lipinski definition) is 2. The van der Waals surface area contributed by atoms with Crippen LogP contribution < -0.4 is 5.32 Å². The van der Waals surface area contributed by atoms with Crippen molar-refractivity contribution >= 4 is 6.03 Å². The molecule has 2 amide bonds. The molecule has 22 heavy (non-hydrogen) atoms. The van der Waals surface area contributed by atoms with E-state index in [1.54, 1.807) is 0 Å². The van der Waals surface area contributed by atoms with E-state index < -0.39 is 0 Å². The number of likely N-dealkylation sites (tertiary alicyclic amines) is 1. The van der Waals surface area contributed by atoms with Crippen LogP contribution in [0.4, 0.5) is 4.79 Å². The number of aryl methyl sites for hydroxylation is 1. The molecule has 1 aromatic heterocycles. The molecule has 5 nitrogen and oxygen atoms in total. The standard InChI is InChI=1S/C17H22N4O/c1-20-11-9-16(19-20)15-8-5-10-21(13-15)17(22)18-12-14-6-3-2-4-7-14/h2-4,6-7,9,11,15H,5,8,10,12-13H2,1H3,(H,18,22)/t15-/m0/s1. The lowest BCUT2D eigenvalue weighted by Crippen LogP contribution is -2.44. The average molecular weight is 298 g/mol. The summed E-state index contributed by atoms with van der Waals surface area (Å²) in [7, 11) is 1.93. The highest BCUT2D eigenvalue weighted by atomic mass is 16.2. The van der Waals surface area contributed by atoms with Crippen LogP contribution in [-0.4, -0.2) is 33.8 Å². The summed E-state index contributed by atoms with van der Waals surface area (Å²) in [5.41, 5.74) is 2.21. The number of hydrogen-bond donors (Lipinski definition) is 1. The van der Waals surface area contributed by atoms with Gasteiger partial charge in [0.05, 0.1) is 5.69 Å². The molecule has 2 heterocycles. The normalized spacial score (nSPS) is 18.2. The van der Waals surface area contributed by atoms with Crippen LogP contribution in [0.2, 0.25) is 0 Å². The molecule has 5 heteroatoms. The molecule has 1 aliphatic rings. The van der Waals surface area contributed by atoms with Gasteiger partial charge in [0.25, 0.3) is 0 Å². The molecule has 3 rings (SSSR count). The first-order valence-corrected chi connectivity index (χ1v) is 7.78. The van der Waals surface area contributed by atoms with E-state index in [0.29, 0.717) is 12.5 Å². The fourth-order valence-electron chi connectivity index (χ4n) is 2.94. The number of carbonyl (C=O) groups excluding carboxylic acids is 1. The van der Waals surface area contributed by atoms with Crippen LogP contribution in [0, 0.1) is 0 Å². The fourth-order valence-corrected chi connectivity index (χ4v) is 2.94. The van der Waals surface area contributed by atoms with Gasteiger partial charge >= 0.3 is 6.03 Å². The first-order chi connectivity index (χ1) is 10.7. The number of urea groups is 1. The van der Waals surface area contributed by atoms with Gasteiger partial charge in [-0.1, -0.05) is 30.3 Å². The lowest BCUT2D eigenvalue weighted by Gasteiger charge is -2.32. The van der Waals surface area contributed by atoms with Crippen LogP contribution >= 0.6 is 0 Å². The first-order valence-electron chi connectivity index (χ1n) is 7.78. The minimum absolute atomic E-state index is 0.0180. The number of amides is 2. The Morgan fingerprint density at radius 1 is 1.32 bits per heavy atom. The summed E-state index contributed by atoms with van der Waals surface area (Å²) in [6, 6.07) is 12.1. The molecule has 0 saturated carbocycles. The molecular weight excluding hydrogens is 276 g/mol. The minimum Gasteiger partial charge on any atom is -0.334 e. The quantitative estimate of drug-likeness (QED) is 0.946. The van der Waals surface area contributed by atoms with E-state index in [9.17, 15) is 4.79 Å². The number of nitrogens with zero attached hydrogens (tertiary/aromatic N) is 3. The number of piperidine rings is 1. The first kappa shape index (κ1) is 14.6. The van der Waals surface area contributed by atoms with Gasteiger partial charge in [0.1, 0.15) is 0 Å². The molecule has 1 atom stereocenters. The van der Waals surface area contributed by atoms with Crippen LogP contribution in [0.3, 0.4) is 0 Å². The summed E-state index contributed by atoms with van der Waals surface area (Å²) in [4.78, 5) is 14.3. The Labute approximate surface area is 130 Å². The Morgan fingerprint density at radius 3 is 2.86 bits per heavy atom. The summed E-state index contributed by atoms with van der Waals surface area (Å²) in [5.74, 6) is 0.345. The molecule has 1 N–H and O–H groups in total. The zero-order valence-electron chi connectivity index (χ0n) is 12.9. The van der Waals surface area contributed by atoms with E-state index in [-0.39, 0.29) is 6.03 Å². The van der Waals surface area contributed by atoms with Crippen molar-refractivity contribution in [3.8, 4) is 0 Å². The Bertz CT molecular complexity index is 623. The van der Waals surface area contributed by atoms with Gasteiger partial charge < -0.3 is 10.2 Å². The van der Waals surface area contributed by atoms with Crippen LogP contribution in [0.5, 0.6) is 0 Å². The number of nitrogens with one attached hydrogen (secondary N) is 1. The maximum Gasteiger partial charge on any atom is 0.317 e. The van der Waals surface area contributed by atoms with Crippen molar-refractivity contribution < 1.29 is 4.79 Å². The Hall–Kier alpha value is -2.30. The van der Waals surface area contributed by atoms with Crippen molar-refractivity contribution in [1.29, 1.82) is 0 Å². The molecule has 2 aromatic rings. The van der Waals surface area contributed by atoms with Gasteiger partial charge in [-0.2, -0.15) is 5.10 Å². The van der Waals surface area contributed by atoms with Gasteiger partial charge in [0, 0.05) is 38.8 Å². The lowest BCUT2D eigenvalue weighted by atomic mass is 9.95. The monoisotopic (exact) mass is 298 g/mol. The second-order valence-electron chi connectivity index (χ2n) is 5.84. The van der Waals surface area contributed by atoms with Crippen molar-refractivity contribution in [2.45, 2.75) is 25.3 Å². The Morgan fingerprint density at radius 2 is 2.14 bits per heavy atom. The third-order valence-electron chi connectivity index (χ3n) is 4.15. The van der Waals surface area contributed by atoms with Gasteiger partial charge in [-0.3, -0.25) is 4.68 Å². The second kappa shape index (κ2) is 6.64. The van der Waals surface area contributed by atoms with E-state index in [1.807, 2.05) is 53.2 Å². The fraction of sp³-hybridized carbons (Fsp3) is 0.412. The smallest absolute Gasteiger partial charge is 0.317 e. The van der Waals surface area contributed by atoms with Crippen LogP contribution in [0.1, 0.15) is 30.0 Å². The minimum atomic E-state index is 0.0180. The molecule has 1 aliphatic heterocycles. The number of rotatable bonds is 3. The van der Waals surface area contributed by atoms with Gasteiger partial charge in [-0.15, -0.1) is 0 Å². The van der Waals surface area contributed by atoms with Gasteiger partial charge in [-0.25, -0.2) is 4.79 Å². The highest BCUT2D eigenvalue weighted by Crippen LogP contribution is 2.25. The number of benzene rings is 1. The molecular formula is C17H22N4O. The van der Waals surface area contributed by atoms with Crippen LogP contribution in [0.25, 0.3) is 0 Å². The summed E-state index contributed by atoms with van der Waals surface area (Å²) >= 11 is 0. The van der Waals surface area contributed by atoms with Crippen molar-refractivity contribution in [3.63, 3.8) is 0 Å². The molecule has 1 fully saturated rings. The molecule has 0 bridgehead atoms. The molecule has 116 valence electrons.